The second-order valence-corrected chi connectivity index (χ2v) is 6.72. The standard InChI is InChI=1S/C15H25N3O2/c1-15(2,11-5-4-8-16-9-11)14-17-13(18-20-14)12(19-3)10-6-7-10/h10-12,16H,4-9H2,1-3H3. The van der Waals surface area contributed by atoms with E-state index in [1.807, 2.05) is 0 Å². The SMILES string of the molecule is COC(c1noc(C(C)(C)C2CCCNC2)n1)C1CC1. The maximum absolute atomic E-state index is 5.57. The van der Waals surface area contributed by atoms with E-state index in [1.54, 1.807) is 7.11 Å². The van der Waals surface area contributed by atoms with Crippen LogP contribution in [-0.4, -0.2) is 30.3 Å². The molecule has 0 radical (unpaired) electrons. The topological polar surface area (TPSA) is 60.2 Å². The van der Waals surface area contributed by atoms with E-state index in [2.05, 4.69) is 29.3 Å². The van der Waals surface area contributed by atoms with Crippen LogP contribution in [0, 0.1) is 11.8 Å². The van der Waals surface area contributed by atoms with Crippen molar-refractivity contribution in [1.82, 2.24) is 15.5 Å². The molecule has 1 aliphatic heterocycles. The molecule has 2 fully saturated rings. The van der Waals surface area contributed by atoms with Crippen molar-refractivity contribution < 1.29 is 9.26 Å². The molecule has 1 N–H and O–H groups in total. The van der Waals surface area contributed by atoms with E-state index in [-0.39, 0.29) is 11.5 Å². The zero-order valence-electron chi connectivity index (χ0n) is 12.7. The molecule has 1 aromatic rings. The summed E-state index contributed by atoms with van der Waals surface area (Å²) in [6, 6.07) is 0. The Morgan fingerprint density at radius 3 is 2.75 bits per heavy atom. The van der Waals surface area contributed by atoms with Crippen LogP contribution in [0.2, 0.25) is 0 Å². The first-order valence-corrected chi connectivity index (χ1v) is 7.70. The van der Waals surface area contributed by atoms with Crippen LogP contribution in [-0.2, 0) is 10.2 Å². The van der Waals surface area contributed by atoms with Crippen LogP contribution in [0.3, 0.4) is 0 Å². The number of aromatic nitrogens is 2. The van der Waals surface area contributed by atoms with Gasteiger partial charge >= 0.3 is 0 Å². The molecule has 0 spiro atoms. The fourth-order valence-corrected chi connectivity index (χ4v) is 3.16. The molecule has 5 nitrogen and oxygen atoms in total. The molecule has 2 unspecified atom stereocenters. The van der Waals surface area contributed by atoms with Gasteiger partial charge in [0.25, 0.3) is 0 Å². The van der Waals surface area contributed by atoms with Crippen molar-refractivity contribution >= 4 is 0 Å². The summed E-state index contributed by atoms with van der Waals surface area (Å²) >= 11 is 0. The summed E-state index contributed by atoms with van der Waals surface area (Å²) in [4.78, 5) is 4.66. The highest BCUT2D eigenvalue weighted by Gasteiger charge is 2.40. The summed E-state index contributed by atoms with van der Waals surface area (Å²) in [7, 11) is 1.73. The number of piperidine rings is 1. The largest absolute Gasteiger partial charge is 0.373 e. The Balaban J connectivity index is 1.77. The third-order valence-corrected chi connectivity index (χ3v) is 4.87. The minimum absolute atomic E-state index is 0.00720. The molecule has 1 aromatic heterocycles. The minimum Gasteiger partial charge on any atom is -0.373 e. The molecule has 112 valence electrons. The van der Waals surface area contributed by atoms with Crippen molar-refractivity contribution in [2.24, 2.45) is 11.8 Å². The van der Waals surface area contributed by atoms with Gasteiger partial charge in [0.1, 0.15) is 6.10 Å². The molecule has 1 saturated heterocycles. The first-order chi connectivity index (χ1) is 9.63. The average molecular weight is 279 g/mol. The van der Waals surface area contributed by atoms with Gasteiger partial charge in [-0.25, -0.2) is 0 Å². The van der Waals surface area contributed by atoms with Gasteiger partial charge in [-0.05, 0) is 50.6 Å². The third kappa shape index (κ3) is 2.61. The Kier molecular flexibility index (Phi) is 3.82. The van der Waals surface area contributed by atoms with Crippen LogP contribution in [0.1, 0.15) is 57.3 Å². The summed E-state index contributed by atoms with van der Waals surface area (Å²) < 4.78 is 11.1. The molecule has 20 heavy (non-hydrogen) atoms. The minimum atomic E-state index is -0.0828. The van der Waals surface area contributed by atoms with Crippen molar-refractivity contribution in [2.45, 2.75) is 51.0 Å². The molecule has 2 aliphatic rings. The molecule has 3 rings (SSSR count). The third-order valence-electron chi connectivity index (χ3n) is 4.87. The Hall–Kier alpha value is -0.940. The summed E-state index contributed by atoms with van der Waals surface area (Å²) in [6.45, 7) is 6.57. The van der Waals surface area contributed by atoms with Crippen molar-refractivity contribution in [3.8, 4) is 0 Å². The maximum Gasteiger partial charge on any atom is 0.232 e. The van der Waals surface area contributed by atoms with Gasteiger partial charge in [0.2, 0.25) is 11.7 Å². The van der Waals surface area contributed by atoms with Crippen LogP contribution < -0.4 is 5.32 Å². The van der Waals surface area contributed by atoms with Gasteiger partial charge in [0, 0.05) is 12.5 Å². The fourth-order valence-electron chi connectivity index (χ4n) is 3.16. The van der Waals surface area contributed by atoms with E-state index in [4.69, 9.17) is 9.26 Å². The van der Waals surface area contributed by atoms with Gasteiger partial charge in [-0.3, -0.25) is 0 Å². The summed E-state index contributed by atoms with van der Waals surface area (Å²) in [5, 5.41) is 7.64. The van der Waals surface area contributed by atoms with Crippen LogP contribution in [0.4, 0.5) is 0 Å². The molecule has 2 heterocycles. The number of methoxy groups -OCH3 is 1. The number of rotatable bonds is 5. The van der Waals surface area contributed by atoms with Gasteiger partial charge in [0.05, 0.1) is 0 Å². The van der Waals surface area contributed by atoms with Crippen molar-refractivity contribution in [3.63, 3.8) is 0 Å². The van der Waals surface area contributed by atoms with Crippen LogP contribution in [0.15, 0.2) is 4.52 Å². The lowest BCUT2D eigenvalue weighted by Gasteiger charge is -2.34. The highest BCUT2D eigenvalue weighted by Crippen LogP contribution is 2.43. The maximum atomic E-state index is 5.57. The molecular formula is C15H25N3O2. The summed E-state index contributed by atoms with van der Waals surface area (Å²) in [6.07, 6.45) is 4.86. The van der Waals surface area contributed by atoms with Crippen LogP contribution in [0.5, 0.6) is 0 Å². The lowest BCUT2D eigenvalue weighted by atomic mass is 9.75. The van der Waals surface area contributed by atoms with Gasteiger partial charge in [-0.2, -0.15) is 4.98 Å². The number of hydrogen-bond acceptors (Lipinski definition) is 5. The van der Waals surface area contributed by atoms with Crippen molar-refractivity contribution in [3.05, 3.63) is 11.7 Å². The van der Waals surface area contributed by atoms with Gasteiger partial charge < -0.3 is 14.6 Å². The zero-order valence-corrected chi connectivity index (χ0v) is 12.7. The van der Waals surface area contributed by atoms with Crippen LogP contribution >= 0.6 is 0 Å². The summed E-state index contributed by atoms with van der Waals surface area (Å²) in [5.74, 6) is 2.60. The smallest absolute Gasteiger partial charge is 0.232 e. The van der Waals surface area contributed by atoms with Gasteiger partial charge in [-0.15, -0.1) is 0 Å². The lowest BCUT2D eigenvalue weighted by Crippen LogP contribution is -2.41. The van der Waals surface area contributed by atoms with Gasteiger partial charge in [-0.1, -0.05) is 19.0 Å². The molecule has 2 atom stereocenters. The van der Waals surface area contributed by atoms with E-state index in [0.717, 1.165) is 24.8 Å². The van der Waals surface area contributed by atoms with E-state index < -0.39 is 0 Å². The molecule has 1 saturated carbocycles. The molecule has 0 aromatic carbocycles. The normalized spacial score (nSPS) is 25.6. The molecule has 0 bridgehead atoms. The first-order valence-electron chi connectivity index (χ1n) is 7.70. The number of nitrogens with zero attached hydrogens (tertiary/aromatic N) is 2. The lowest BCUT2D eigenvalue weighted by molar-refractivity contribution is 0.0751. The molecule has 5 heteroatoms. The highest BCUT2D eigenvalue weighted by molar-refractivity contribution is 5.07. The Morgan fingerprint density at radius 1 is 1.35 bits per heavy atom. The zero-order chi connectivity index (χ0) is 14.2. The fraction of sp³-hybridized carbons (Fsp3) is 0.867. The van der Waals surface area contributed by atoms with E-state index in [0.29, 0.717) is 11.8 Å². The molecular weight excluding hydrogens is 254 g/mol. The Labute approximate surface area is 120 Å². The average Bonchev–Trinajstić information content (AvgIpc) is 3.17. The number of ether oxygens (including phenoxy) is 1. The van der Waals surface area contributed by atoms with E-state index in [1.165, 1.54) is 25.7 Å². The molecule has 1 aliphatic carbocycles. The predicted octanol–water partition coefficient (Wildman–Crippen LogP) is 2.44. The van der Waals surface area contributed by atoms with Crippen molar-refractivity contribution in [1.29, 1.82) is 0 Å². The monoisotopic (exact) mass is 279 g/mol. The van der Waals surface area contributed by atoms with E-state index >= 15 is 0 Å². The molecule has 0 amide bonds. The second-order valence-electron chi connectivity index (χ2n) is 6.72. The Bertz CT molecular complexity index is 448. The Morgan fingerprint density at radius 2 is 2.15 bits per heavy atom. The van der Waals surface area contributed by atoms with E-state index in [9.17, 15) is 0 Å². The van der Waals surface area contributed by atoms with Gasteiger partial charge in [0.15, 0.2) is 0 Å². The highest BCUT2D eigenvalue weighted by atomic mass is 16.5. The number of nitrogens with one attached hydrogen (secondary N) is 1. The summed E-state index contributed by atoms with van der Waals surface area (Å²) in [5.41, 5.74) is -0.0828. The number of hydrogen-bond donors (Lipinski definition) is 1. The second kappa shape index (κ2) is 5.45. The van der Waals surface area contributed by atoms with Crippen molar-refractivity contribution in [2.75, 3.05) is 20.2 Å². The quantitative estimate of drug-likeness (QED) is 0.897. The van der Waals surface area contributed by atoms with Crippen LogP contribution in [0.25, 0.3) is 0 Å². The first kappa shape index (κ1) is 14.0. The predicted molar refractivity (Wildman–Crippen MR) is 75.4 cm³/mol.